The SMILES string of the molecule is CN=CC(Br)=C(N)C1CCOCC1. The van der Waals surface area contributed by atoms with Crippen molar-refractivity contribution in [1.82, 2.24) is 0 Å². The van der Waals surface area contributed by atoms with Crippen LogP contribution in [0.3, 0.4) is 0 Å². The van der Waals surface area contributed by atoms with Crippen LogP contribution in [0.4, 0.5) is 0 Å². The van der Waals surface area contributed by atoms with E-state index in [1.54, 1.807) is 13.3 Å². The number of rotatable bonds is 2. The molecule has 0 unspecified atom stereocenters. The molecule has 0 amide bonds. The molecule has 0 saturated carbocycles. The molecule has 1 heterocycles. The van der Waals surface area contributed by atoms with Gasteiger partial charge in [-0.1, -0.05) is 0 Å². The highest BCUT2D eigenvalue weighted by Crippen LogP contribution is 2.23. The van der Waals surface area contributed by atoms with E-state index in [2.05, 4.69) is 20.9 Å². The Bertz CT molecular complexity index is 220. The van der Waals surface area contributed by atoms with E-state index in [0.717, 1.165) is 36.2 Å². The lowest BCUT2D eigenvalue weighted by Crippen LogP contribution is -2.22. The zero-order valence-electron chi connectivity index (χ0n) is 7.79. The van der Waals surface area contributed by atoms with Crippen molar-refractivity contribution in [2.45, 2.75) is 12.8 Å². The molecule has 13 heavy (non-hydrogen) atoms. The minimum Gasteiger partial charge on any atom is -0.401 e. The zero-order valence-corrected chi connectivity index (χ0v) is 9.38. The summed E-state index contributed by atoms with van der Waals surface area (Å²) in [7, 11) is 1.73. The van der Waals surface area contributed by atoms with Gasteiger partial charge in [0, 0.05) is 38.1 Å². The Morgan fingerprint density at radius 1 is 1.54 bits per heavy atom. The summed E-state index contributed by atoms with van der Waals surface area (Å²) < 4.78 is 6.17. The third-order valence-electron chi connectivity index (χ3n) is 2.18. The summed E-state index contributed by atoms with van der Waals surface area (Å²) in [6.07, 6.45) is 3.77. The number of nitrogens with two attached hydrogens (primary N) is 1. The number of aliphatic imine (C=N–C) groups is 1. The fraction of sp³-hybridized carbons (Fsp3) is 0.667. The topological polar surface area (TPSA) is 47.6 Å². The van der Waals surface area contributed by atoms with Crippen LogP contribution in [0.1, 0.15) is 12.8 Å². The van der Waals surface area contributed by atoms with Gasteiger partial charge in [-0.05, 0) is 28.8 Å². The van der Waals surface area contributed by atoms with E-state index in [9.17, 15) is 0 Å². The lowest BCUT2D eigenvalue weighted by atomic mass is 9.97. The van der Waals surface area contributed by atoms with Crippen LogP contribution in [0.2, 0.25) is 0 Å². The van der Waals surface area contributed by atoms with E-state index in [0.29, 0.717) is 5.92 Å². The van der Waals surface area contributed by atoms with Gasteiger partial charge in [0.05, 0.1) is 4.48 Å². The lowest BCUT2D eigenvalue weighted by molar-refractivity contribution is 0.0754. The van der Waals surface area contributed by atoms with Gasteiger partial charge < -0.3 is 10.5 Å². The normalized spacial score (nSPS) is 22.0. The molecular formula is C9H15BrN2O. The first kappa shape index (κ1) is 10.7. The summed E-state index contributed by atoms with van der Waals surface area (Å²) in [5, 5.41) is 0. The molecule has 0 aliphatic carbocycles. The van der Waals surface area contributed by atoms with Crippen LogP contribution in [0.15, 0.2) is 15.2 Å². The Balaban J connectivity index is 2.62. The summed E-state index contributed by atoms with van der Waals surface area (Å²) >= 11 is 3.40. The highest BCUT2D eigenvalue weighted by Gasteiger charge is 2.17. The average molecular weight is 247 g/mol. The third-order valence-corrected chi connectivity index (χ3v) is 2.84. The second-order valence-corrected chi connectivity index (χ2v) is 3.93. The number of nitrogens with zero attached hydrogens (tertiary/aromatic N) is 1. The Morgan fingerprint density at radius 2 is 2.15 bits per heavy atom. The Kier molecular flexibility index (Phi) is 4.45. The van der Waals surface area contributed by atoms with E-state index in [-0.39, 0.29) is 0 Å². The number of allylic oxidation sites excluding steroid dienone is 2. The molecule has 0 radical (unpaired) electrons. The minimum atomic E-state index is 0.445. The lowest BCUT2D eigenvalue weighted by Gasteiger charge is -2.22. The van der Waals surface area contributed by atoms with Crippen molar-refractivity contribution < 1.29 is 4.74 Å². The maximum absolute atomic E-state index is 5.96. The Hall–Kier alpha value is -0.350. The van der Waals surface area contributed by atoms with Crippen LogP contribution in [0, 0.1) is 5.92 Å². The predicted octanol–water partition coefficient (Wildman–Crippen LogP) is 1.68. The molecule has 0 aromatic carbocycles. The molecule has 0 bridgehead atoms. The van der Waals surface area contributed by atoms with Gasteiger partial charge in [0.15, 0.2) is 0 Å². The molecule has 0 aromatic heterocycles. The third kappa shape index (κ3) is 3.12. The molecule has 2 N–H and O–H groups in total. The second kappa shape index (κ2) is 5.40. The zero-order chi connectivity index (χ0) is 9.68. The molecule has 1 fully saturated rings. The summed E-state index contributed by atoms with van der Waals surface area (Å²) in [4.78, 5) is 3.91. The standard InChI is InChI=1S/C9H15BrN2O/c1-12-6-8(10)9(11)7-2-4-13-5-3-7/h6-7H,2-5,11H2,1H3. The summed E-state index contributed by atoms with van der Waals surface area (Å²) in [5.74, 6) is 0.445. The molecule has 4 heteroatoms. The number of halogens is 1. The van der Waals surface area contributed by atoms with Gasteiger partial charge >= 0.3 is 0 Å². The number of hydrogen-bond acceptors (Lipinski definition) is 3. The van der Waals surface area contributed by atoms with Crippen molar-refractivity contribution >= 4 is 22.1 Å². The van der Waals surface area contributed by atoms with Gasteiger partial charge in [-0.15, -0.1) is 0 Å². The summed E-state index contributed by atoms with van der Waals surface area (Å²) in [6.45, 7) is 1.63. The van der Waals surface area contributed by atoms with Crippen molar-refractivity contribution in [3.63, 3.8) is 0 Å². The van der Waals surface area contributed by atoms with Crippen LogP contribution in [-0.4, -0.2) is 26.5 Å². The van der Waals surface area contributed by atoms with Crippen LogP contribution in [0.5, 0.6) is 0 Å². The predicted molar refractivity (Wildman–Crippen MR) is 58.1 cm³/mol. The fourth-order valence-corrected chi connectivity index (χ4v) is 1.92. The molecular weight excluding hydrogens is 232 g/mol. The Labute approximate surface area is 87.2 Å². The molecule has 1 aliphatic heterocycles. The van der Waals surface area contributed by atoms with E-state index in [4.69, 9.17) is 10.5 Å². The highest BCUT2D eigenvalue weighted by molar-refractivity contribution is 9.12. The van der Waals surface area contributed by atoms with Crippen molar-refractivity contribution in [3.8, 4) is 0 Å². The number of ether oxygens (including phenoxy) is 1. The molecule has 0 spiro atoms. The summed E-state index contributed by atoms with van der Waals surface area (Å²) in [6, 6.07) is 0. The van der Waals surface area contributed by atoms with E-state index < -0.39 is 0 Å². The molecule has 74 valence electrons. The van der Waals surface area contributed by atoms with Gasteiger partial charge in [-0.2, -0.15) is 0 Å². The van der Waals surface area contributed by atoms with Gasteiger partial charge in [-0.25, -0.2) is 0 Å². The maximum atomic E-state index is 5.96. The van der Waals surface area contributed by atoms with Crippen molar-refractivity contribution in [2.24, 2.45) is 16.6 Å². The largest absolute Gasteiger partial charge is 0.401 e. The van der Waals surface area contributed by atoms with Crippen molar-refractivity contribution in [2.75, 3.05) is 20.3 Å². The van der Waals surface area contributed by atoms with Gasteiger partial charge in [-0.3, -0.25) is 4.99 Å². The maximum Gasteiger partial charge on any atom is 0.0543 e. The molecule has 1 aliphatic rings. The van der Waals surface area contributed by atoms with Gasteiger partial charge in [0.1, 0.15) is 0 Å². The van der Waals surface area contributed by atoms with Crippen molar-refractivity contribution in [3.05, 3.63) is 10.2 Å². The first-order valence-electron chi connectivity index (χ1n) is 4.40. The fourth-order valence-electron chi connectivity index (χ4n) is 1.39. The second-order valence-electron chi connectivity index (χ2n) is 3.08. The van der Waals surface area contributed by atoms with E-state index >= 15 is 0 Å². The van der Waals surface area contributed by atoms with Crippen LogP contribution < -0.4 is 5.73 Å². The molecule has 1 rings (SSSR count). The molecule has 0 aromatic rings. The monoisotopic (exact) mass is 246 g/mol. The van der Waals surface area contributed by atoms with Crippen LogP contribution >= 0.6 is 15.9 Å². The van der Waals surface area contributed by atoms with E-state index in [1.807, 2.05) is 0 Å². The smallest absolute Gasteiger partial charge is 0.0543 e. The van der Waals surface area contributed by atoms with Crippen LogP contribution in [-0.2, 0) is 4.74 Å². The first-order valence-corrected chi connectivity index (χ1v) is 5.20. The molecule has 0 atom stereocenters. The average Bonchev–Trinajstić information content (AvgIpc) is 2.18. The van der Waals surface area contributed by atoms with Gasteiger partial charge in [0.25, 0.3) is 0 Å². The Morgan fingerprint density at radius 3 is 2.69 bits per heavy atom. The van der Waals surface area contributed by atoms with Crippen LogP contribution in [0.25, 0.3) is 0 Å². The quantitative estimate of drug-likeness (QED) is 0.754. The summed E-state index contributed by atoms with van der Waals surface area (Å²) in [5.41, 5.74) is 6.86. The molecule has 3 nitrogen and oxygen atoms in total. The van der Waals surface area contributed by atoms with Gasteiger partial charge in [0.2, 0.25) is 0 Å². The first-order chi connectivity index (χ1) is 6.25. The van der Waals surface area contributed by atoms with Crippen molar-refractivity contribution in [1.29, 1.82) is 0 Å². The molecule has 1 saturated heterocycles. The number of hydrogen-bond donors (Lipinski definition) is 1. The highest BCUT2D eigenvalue weighted by atomic mass is 79.9. The van der Waals surface area contributed by atoms with E-state index in [1.165, 1.54) is 0 Å². The minimum absolute atomic E-state index is 0.445.